The molecule has 1 atom stereocenters. The second-order valence-corrected chi connectivity index (χ2v) is 6.61. The number of fused-ring (bicyclic) bond motifs is 1. The van der Waals surface area contributed by atoms with Crippen molar-refractivity contribution < 1.29 is 0 Å². The van der Waals surface area contributed by atoms with Crippen LogP contribution in [0.5, 0.6) is 0 Å². The van der Waals surface area contributed by atoms with Crippen LogP contribution in [0.2, 0.25) is 0 Å². The van der Waals surface area contributed by atoms with Gasteiger partial charge in [-0.2, -0.15) is 0 Å². The lowest BCUT2D eigenvalue weighted by Gasteiger charge is -2.15. The Hall–Kier alpha value is -1.30. The molecule has 0 amide bonds. The molecular formula is C22H31. The molecular weight excluding hydrogens is 264 g/mol. The maximum absolute atomic E-state index is 3.61. The van der Waals surface area contributed by atoms with Crippen molar-refractivity contribution in [2.75, 3.05) is 0 Å². The Balaban J connectivity index is 1.80. The third-order valence-electron chi connectivity index (χ3n) is 4.77. The minimum atomic E-state index is 0.823. The molecule has 0 nitrogen and oxygen atoms in total. The summed E-state index contributed by atoms with van der Waals surface area (Å²) in [6, 6.07) is 16.7. The molecule has 2 aromatic carbocycles. The first-order valence-corrected chi connectivity index (χ1v) is 9.23. The van der Waals surface area contributed by atoms with Crippen LogP contribution in [0.3, 0.4) is 0 Å². The van der Waals surface area contributed by atoms with E-state index in [1.54, 1.807) is 0 Å². The molecule has 0 bridgehead atoms. The Kier molecular flexibility index (Phi) is 7.49. The van der Waals surface area contributed by atoms with Crippen molar-refractivity contribution in [3.05, 3.63) is 48.0 Å². The first-order valence-electron chi connectivity index (χ1n) is 9.23. The summed E-state index contributed by atoms with van der Waals surface area (Å²) >= 11 is 0. The van der Waals surface area contributed by atoms with E-state index in [1.807, 2.05) is 0 Å². The van der Waals surface area contributed by atoms with Crippen LogP contribution in [0, 0.1) is 12.0 Å². The van der Waals surface area contributed by atoms with Gasteiger partial charge >= 0.3 is 0 Å². The number of hydrogen-bond acceptors (Lipinski definition) is 0. The monoisotopic (exact) mass is 295 g/mol. The fourth-order valence-electron chi connectivity index (χ4n) is 3.26. The highest BCUT2D eigenvalue weighted by Crippen LogP contribution is 2.22. The smallest absolute Gasteiger partial charge is 0.00642 e. The summed E-state index contributed by atoms with van der Waals surface area (Å²) < 4.78 is 0. The summed E-state index contributed by atoms with van der Waals surface area (Å²) in [7, 11) is 0. The molecule has 0 aliphatic heterocycles. The summed E-state index contributed by atoms with van der Waals surface area (Å²) in [5.41, 5.74) is 1.39. The van der Waals surface area contributed by atoms with E-state index >= 15 is 0 Å². The average molecular weight is 295 g/mol. The van der Waals surface area contributed by atoms with Gasteiger partial charge in [0, 0.05) is 0 Å². The minimum absolute atomic E-state index is 0.823. The molecule has 0 spiro atoms. The maximum Gasteiger partial charge on any atom is -0.00642 e. The highest BCUT2D eigenvalue weighted by atomic mass is 14.1. The van der Waals surface area contributed by atoms with Crippen molar-refractivity contribution in [3.8, 4) is 0 Å². The van der Waals surface area contributed by atoms with Gasteiger partial charge in [0.05, 0.1) is 0 Å². The van der Waals surface area contributed by atoms with E-state index in [-0.39, 0.29) is 0 Å². The van der Waals surface area contributed by atoms with Crippen molar-refractivity contribution in [1.29, 1.82) is 0 Å². The molecule has 1 radical (unpaired) electrons. The fraction of sp³-hybridized carbons (Fsp3) is 0.545. The van der Waals surface area contributed by atoms with Crippen LogP contribution in [-0.4, -0.2) is 0 Å². The number of rotatable bonds is 10. The molecule has 22 heavy (non-hydrogen) atoms. The molecule has 0 saturated heterocycles. The van der Waals surface area contributed by atoms with Gasteiger partial charge < -0.3 is 0 Å². The molecule has 1 unspecified atom stereocenters. The standard InChI is InChI=1S/C22H31/c1-3-5-6-7-8-9-12-19(4-2)17-20-15-16-21-13-10-11-14-22(21)18-20/h10-11,13-16,19H,3-9,12,17H2,1-2H3. The Morgan fingerprint density at radius 2 is 1.64 bits per heavy atom. The zero-order valence-electron chi connectivity index (χ0n) is 14.4. The number of benzene rings is 2. The first-order chi connectivity index (χ1) is 10.8. The van der Waals surface area contributed by atoms with Crippen LogP contribution < -0.4 is 0 Å². The highest BCUT2D eigenvalue weighted by Gasteiger charge is 2.08. The second-order valence-electron chi connectivity index (χ2n) is 6.61. The predicted octanol–water partition coefficient (Wildman–Crippen LogP) is 6.96. The molecule has 119 valence electrons. The molecule has 0 heteroatoms. The van der Waals surface area contributed by atoms with E-state index < -0.39 is 0 Å². The van der Waals surface area contributed by atoms with Crippen LogP contribution >= 0.6 is 0 Å². The Labute approximate surface area is 136 Å². The van der Waals surface area contributed by atoms with Crippen molar-refractivity contribution in [3.63, 3.8) is 0 Å². The quantitative estimate of drug-likeness (QED) is 0.416. The molecule has 0 aromatic heterocycles. The number of unbranched alkanes of at least 4 members (excludes halogenated alkanes) is 5. The third-order valence-corrected chi connectivity index (χ3v) is 4.77. The lowest BCUT2D eigenvalue weighted by molar-refractivity contribution is 0.436. The van der Waals surface area contributed by atoms with Crippen LogP contribution in [0.25, 0.3) is 10.8 Å². The topological polar surface area (TPSA) is 0 Å². The Bertz CT molecular complexity index is 540. The van der Waals surface area contributed by atoms with Crippen LogP contribution in [-0.2, 0) is 6.42 Å². The summed E-state index contributed by atoms with van der Waals surface area (Å²) in [5, 5.41) is 2.56. The van der Waals surface area contributed by atoms with Crippen molar-refractivity contribution in [2.24, 2.45) is 5.92 Å². The molecule has 0 fully saturated rings. The van der Waals surface area contributed by atoms with Crippen molar-refractivity contribution in [2.45, 2.75) is 71.6 Å². The predicted molar refractivity (Wildman–Crippen MR) is 98.3 cm³/mol. The van der Waals surface area contributed by atoms with Crippen molar-refractivity contribution >= 4 is 10.8 Å². The maximum atomic E-state index is 3.61. The fourth-order valence-corrected chi connectivity index (χ4v) is 3.26. The van der Waals surface area contributed by atoms with Gasteiger partial charge in [-0.15, -0.1) is 0 Å². The van der Waals surface area contributed by atoms with Gasteiger partial charge in [0.15, 0.2) is 0 Å². The minimum Gasteiger partial charge on any atom is -0.0654 e. The Morgan fingerprint density at radius 3 is 2.45 bits per heavy atom. The van der Waals surface area contributed by atoms with E-state index in [0.717, 1.165) is 5.92 Å². The molecule has 0 aliphatic carbocycles. The molecule has 0 heterocycles. The molecule has 0 saturated carbocycles. The van der Waals surface area contributed by atoms with E-state index in [2.05, 4.69) is 56.3 Å². The summed E-state index contributed by atoms with van der Waals surface area (Å²) in [6.07, 6.45) is 12.3. The summed E-state index contributed by atoms with van der Waals surface area (Å²) in [4.78, 5) is 0. The lowest BCUT2D eigenvalue weighted by Crippen LogP contribution is -2.03. The SMILES string of the molecule is CCCCCCCCC(CC)Cc1[c]c2ccccc2cc1. The normalized spacial score (nSPS) is 12.6. The highest BCUT2D eigenvalue weighted by molar-refractivity contribution is 5.82. The zero-order chi connectivity index (χ0) is 15.6. The Morgan fingerprint density at radius 1 is 0.864 bits per heavy atom. The molecule has 0 N–H and O–H groups in total. The zero-order valence-corrected chi connectivity index (χ0v) is 14.4. The van der Waals surface area contributed by atoms with Crippen molar-refractivity contribution in [1.82, 2.24) is 0 Å². The first kappa shape index (κ1) is 17.1. The van der Waals surface area contributed by atoms with E-state index in [4.69, 9.17) is 0 Å². The largest absolute Gasteiger partial charge is 0.0654 e. The van der Waals surface area contributed by atoms with Crippen LogP contribution in [0.1, 0.15) is 70.8 Å². The van der Waals surface area contributed by atoms with Crippen LogP contribution in [0.15, 0.2) is 36.4 Å². The van der Waals surface area contributed by atoms with Gasteiger partial charge in [0.2, 0.25) is 0 Å². The summed E-state index contributed by atoms with van der Waals surface area (Å²) in [5.74, 6) is 0.823. The van der Waals surface area contributed by atoms with E-state index in [0.29, 0.717) is 0 Å². The van der Waals surface area contributed by atoms with E-state index in [1.165, 1.54) is 74.1 Å². The number of hydrogen-bond donors (Lipinski definition) is 0. The molecule has 2 aromatic rings. The van der Waals surface area contributed by atoms with Gasteiger partial charge in [-0.05, 0) is 34.7 Å². The third kappa shape index (κ3) is 5.48. The van der Waals surface area contributed by atoms with E-state index in [9.17, 15) is 0 Å². The lowest BCUT2D eigenvalue weighted by atomic mass is 9.90. The molecule has 2 rings (SSSR count). The van der Waals surface area contributed by atoms with Crippen LogP contribution in [0.4, 0.5) is 0 Å². The molecule has 0 aliphatic rings. The van der Waals surface area contributed by atoms with Gasteiger partial charge in [-0.1, -0.05) is 102 Å². The summed E-state index contributed by atoms with van der Waals surface area (Å²) in [6.45, 7) is 4.62. The van der Waals surface area contributed by atoms with Gasteiger partial charge in [0.25, 0.3) is 0 Å². The van der Waals surface area contributed by atoms with Gasteiger partial charge in [0.1, 0.15) is 0 Å². The van der Waals surface area contributed by atoms with Gasteiger partial charge in [-0.3, -0.25) is 0 Å². The van der Waals surface area contributed by atoms with Gasteiger partial charge in [-0.25, -0.2) is 0 Å². The average Bonchev–Trinajstić information content (AvgIpc) is 2.56. The second kappa shape index (κ2) is 9.66.